The van der Waals surface area contributed by atoms with Gasteiger partial charge in [-0.25, -0.2) is 0 Å². The highest BCUT2D eigenvalue weighted by Gasteiger charge is 2.54. The van der Waals surface area contributed by atoms with E-state index in [1.807, 2.05) is 12.2 Å². The number of hydrogen-bond donors (Lipinski definition) is 0. The molecule has 1 aliphatic carbocycles. The van der Waals surface area contributed by atoms with E-state index in [1.54, 1.807) is 0 Å². The van der Waals surface area contributed by atoms with Crippen molar-refractivity contribution in [2.45, 2.75) is 46.5 Å². The average Bonchev–Trinajstić information content (AvgIpc) is 2.95. The van der Waals surface area contributed by atoms with Crippen molar-refractivity contribution < 1.29 is 4.79 Å². The van der Waals surface area contributed by atoms with Crippen molar-refractivity contribution in [3.05, 3.63) is 77.3 Å². The minimum atomic E-state index is -0.191. The lowest BCUT2D eigenvalue weighted by Crippen LogP contribution is -2.32. The summed E-state index contributed by atoms with van der Waals surface area (Å²) in [6, 6.07) is 8.41. The Balaban J connectivity index is 1.73. The number of carbonyl (C=O) groups is 1. The summed E-state index contributed by atoms with van der Waals surface area (Å²) in [4.78, 5) is 17.6. The average molecular weight is 389 g/mol. The molecule has 2 aliphatic heterocycles. The second kappa shape index (κ2) is 6.22. The van der Waals surface area contributed by atoms with Crippen LogP contribution in [0.1, 0.15) is 46.6 Å². The maximum Gasteiger partial charge on any atom is 0.182 e. The van der Waals surface area contributed by atoms with Gasteiger partial charge in [0.2, 0.25) is 0 Å². The lowest BCUT2D eigenvalue weighted by Gasteiger charge is -2.38. The number of ketones is 1. The Labute approximate surface area is 175 Å². The number of benzene rings is 1. The van der Waals surface area contributed by atoms with Gasteiger partial charge >= 0.3 is 0 Å². The highest BCUT2D eigenvalue weighted by molar-refractivity contribution is 6.01. The second-order valence-electron chi connectivity index (χ2n) is 9.86. The molecule has 0 bridgehead atoms. The summed E-state index contributed by atoms with van der Waals surface area (Å²) >= 11 is 0. The van der Waals surface area contributed by atoms with E-state index in [-0.39, 0.29) is 22.0 Å². The van der Waals surface area contributed by atoms with E-state index < -0.39 is 0 Å². The zero-order valence-electron chi connectivity index (χ0n) is 18.7. The van der Waals surface area contributed by atoms with Crippen molar-refractivity contribution in [1.29, 1.82) is 0 Å². The molecular weight excluding hydrogens is 356 g/mol. The first-order valence-corrected chi connectivity index (χ1v) is 10.4. The van der Waals surface area contributed by atoms with Crippen LogP contribution in [0.5, 0.6) is 0 Å². The third-order valence-electron chi connectivity index (χ3n) is 7.72. The van der Waals surface area contributed by atoms with Crippen molar-refractivity contribution in [3.63, 3.8) is 0 Å². The minimum absolute atomic E-state index is 0.00934. The molecule has 1 atom stereocenters. The van der Waals surface area contributed by atoms with Crippen LogP contribution in [-0.2, 0) is 10.2 Å². The van der Waals surface area contributed by atoms with E-state index >= 15 is 0 Å². The first kappa shape index (κ1) is 19.8. The van der Waals surface area contributed by atoms with E-state index in [9.17, 15) is 4.79 Å². The summed E-state index contributed by atoms with van der Waals surface area (Å²) in [5.41, 5.74) is 5.57. The predicted octanol–water partition coefficient (Wildman–Crippen LogP) is 5.57. The molecule has 0 amide bonds. The first-order chi connectivity index (χ1) is 13.5. The topological polar surface area (TPSA) is 23.6 Å². The van der Waals surface area contributed by atoms with Crippen molar-refractivity contribution >= 4 is 11.5 Å². The fourth-order valence-electron chi connectivity index (χ4n) is 5.49. The number of para-hydroxylation sites is 1. The van der Waals surface area contributed by atoms with Gasteiger partial charge in [-0.05, 0) is 24.1 Å². The molecule has 3 aliphatic rings. The van der Waals surface area contributed by atoms with Crippen LogP contribution in [-0.4, -0.2) is 24.8 Å². The normalized spacial score (nSPS) is 29.3. The lowest BCUT2D eigenvalue weighted by molar-refractivity contribution is -0.110. The quantitative estimate of drug-likeness (QED) is 0.619. The predicted molar refractivity (Wildman–Crippen MR) is 121 cm³/mol. The van der Waals surface area contributed by atoms with E-state index in [4.69, 9.17) is 0 Å². The van der Waals surface area contributed by atoms with Gasteiger partial charge in [0.05, 0.1) is 0 Å². The summed E-state index contributed by atoms with van der Waals surface area (Å²) < 4.78 is 0. The molecule has 3 heteroatoms. The molecule has 1 saturated heterocycles. The molecular formula is C26H32N2O. The standard InChI is InChI=1S/C26H32N2O/c1-24(2)19-12-8-9-13-20(19)27(6)22(24)16-18(29)17-23-25(3,4)26(5)15-11-10-14-21(26)28(23)7/h8-14,16-17H,15H2,1-7H3/b22-16+,23-17+. The molecule has 0 saturated carbocycles. The molecule has 1 aromatic carbocycles. The Morgan fingerprint density at radius 1 is 0.966 bits per heavy atom. The minimum Gasteiger partial charge on any atom is -0.350 e. The molecule has 3 nitrogen and oxygen atoms in total. The van der Waals surface area contributed by atoms with Crippen LogP contribution in [0.25, 0.3) is 0 Å². The van der Waals surface area contributed by atoms with E-state index in [1.165, 1.54) is 16.9 Å². The molecule has 1 fully saturated rings. The second-order valence-corrected chi connectivity index (χ2v) is 9.86. The number of rotatable bonds is 2. The molecule has 152 valence electrons. The fraction of sp³-hybridized carbons (Fsp3) is 0.423. The Bertz CT molecular complexity index is 1010. The number of likely N-dealkylation sites (N-methyl/N-ethyl adjacent to an activating group) is 1. The fourth-order valence-corrected chi connectivity index (χ4v) is 5.49. The van der Waals surface area contributed by atoms with Gasteiger partial charge in [0.25, 0.3) is 0 Å². The Morgan fingerprint density at radius 2 is 1.62 bits per heavy atom. The number of anilines is 1. The smallest absolute Gasteiger partial charge is 0.182 e. The van der Waals surface area contributed by atoms with Crippen LogP contribution in [0.2, 0.25) is 0 Å². The summed E-state index contributed by atoms with van der Waals surface area (Å²) in [6.07, 6.45) is 11.2. The first-order valence-electron chi connectivity index (χ1n) is 10.4. The van der Waals surface area contributed by atoms with Gasteiger partial charge in [-0.15, -0.1) is 0 Å². The third-order valence-corrected chi connectivity index (χ3v) is 7.72. The van der Waals surface area contributed by atoms with Gasteiger partial charge in [0.1, 0.15) is 0 Å². The van der Waals surface area contributed by atoms with E-state index in [0.717, 1.165) is 17.8 Å². The van der Waals surface area contributed by atoms with Gasteiger partial charge in [0, 0.05) is 65.3 Å². The van der Waals surface area contributed by atoms with Gasteiger partial charge in [0.15, 0.2) is 5.78 Å². The van der Waals surface area contributed by atoms with Crippen LogP contribution in [0.15, 0.2) is 71.7 Å². The molecule has 0 spiro atoms. The van der Waals surface area contributed by atoms with Gasteiger partial charge in [-0.2, -0.15) is 0 Å². The molecule has 0 radical (unpaired) electrons. The number of carbonyl (C=O) groups excluding carboxylic acids is 1. The van der Waals surface area contributed by atoms with Crippen molar-refractivity contribution in [3.8, 4) is 0 Å². The molecule has 29 heavy (non-hydrogen) atoms. The van der Waals surface area contributed by atoms with E-state index in [2.05, 4.69) is 101 Å². The Hall–Kier alpha value is -2.55. The molecule has 2 heterocycles. The van der Waals surface area contributed by atoms with Gasteiger partial charge in [-0.3, -0.25) is 4.79 Å². The summed E-state index contributed by atoms with van der Waals surface area (Å²) in [7, 11) is 4.14. The van der Waals surface area contributed by atoms with Crippen molar-refractivity contribution in [1.82, 2.24) is 4.90 Å². The monoisotopic (exact) mass is 388 g/mol. The zero-order chi connectivity index (χ0) is 21.2. The summed E-state index contributed by atoms with van der Waals surface area (Å²) in [5, 5.41) is 0. The number of likely N-dealkylation sites (tertiary alicyclic amines) is 1. The SMILES string of the molecule is CN1C2=CC=CCC2(C)C(C)(C)/C1=C\C(=O)/C=C1/N(C)c2ccccc2C1(C)C. The molecule has 4 rings (SSSR count). The van der Waals surface area contributed by atoms with Crippen LogP contribution >= 0.6 is 0 Å². The highest BCUT2D eigenvalue weighted by Crippen LogP contribution is 2.60. The van der Waals surface area contributed by atoms with Crippen molar-refractivity contribution in [2.24, 2.45) is 10.8 Å². The van der Waals surface area contributed by atoms with Gasteiger partial charge < -0.3 is 9.80 Å². The summed E-state index contributed by atoms with van der Waals surface area (Å²) in [6.45, 7) is 11.2. The molecule has 0 aromatic heterocycles. The number of allylic oxidation sites excluding steroid dienone is 8. The van der Waals surface area contributed by atoms with Crippen LogP contribution in [0.3, 0.4) is 0 Å². The molecule has 1 unspecified atom stereocenters. The van der Waals surface area contributed by atoms with Gasteiger partial charge in [-0.1, -0.05) is 65.0 Å². The maximum atomic E-state index is 13.2. The number of fused-ring (bicyclic) bond motifs is 2. The molecule has 1 aromatic rings. The van der Waals surface area contributed by atoms with Crippen LogP contribution in [0, 0.1) is 10.8 Å². The third kappa shape index (κ3) is 2.59. The summed E-state index contributed by atoms with van der Waals surface area (Å²) in [5.74, 6) is 0.0541. The van der Waals surface area contributed by atoms with Crippen LogP contribution in [0.4, 0.5) is 5.69 Å². The van der Waals surface area contributed by atoms with Crippen molar-refractivity contribution in [2.75, 3.05) is 19.0 Å². The lowest BCUT2D eigenvalue weighted by atomic mass is 9.63. The zero-order valence-corrected chi connectivity index (χ0v) is 18.7. The number of nitrogens with zero attached hydrogens (tertiary/aromatic N) is 2. The Kier molecular flexibility index (Phi) is 4.24. The van der Waals surface area contributed by atoms with E-state index in [0.29, 0.717) is 0 Å². The number of hydrogen-bond acceptors (Lipinski definition) is 3. The van der Waals surface area contributed by atoms with Crippen LogP contribution < -0.4 is 4.90 Å². The Morgan fingerprint density at radius 3 is 2.28 bits per heavy atom. The molecule has 0 N–H and O–H groups in total. The largest absolute Gasteiger partial charge is 0.350 e. The highest BCUT2D eigenvalue weighted by atomic mass is 16.1. The maximum absolute atomic E-state index is 13.2.